The van der Waals surface area contributed by atoms with E-state index in [-0.39, 0.29) is 48.9 Å². The van der Waals surface area contributed by atoms with E-state index in [2.05, 4.69) is 48.5 Å². The Labute approximate surface area is 272 Å². The summed E-state index contributed by atoms with van der Waals surface area (Å²) in [5.41, 5.74) is 0.819. The van der Waals surface area contributed by atoms with Gasteiger partial charge in [0.2, 0.25) is 0 Å². The summed E-state index contributed by atoms with van der Waals surface area (Å²) in [6, 6.07) is 0. The van der Waals surface area contributed by atoms with Crippen LogP contribution in [0, 0.1) is 76.9 Å². The molecule has 7 rings (SSSR count). The predicted octanol–water partition coefficient (Wildman–Crippen LogP) is 7.85. The van der Waals surface area contributed by atoms with Crippen LogP contribution in [-0.2, 0) is 28.6 Å². The molecule has 7 fully saturated rings. The number of oxime groups is 1. The van der Waals surface area contributed by atoms with Crippen molar-refractivity contribution in [1.29, 1.82) is 0 Å². The van der Waals surface area contributed by atoms with E-state index < -0.39 is 0 Å². The van der Waals surface area contributed by atoms with Crippen LogP contribution in [0.5, 0.6) is 0 Å². The van der Waals surface area contributed by atoms with Crippen molar-refractivity contribution in [2.75, 3.05) is 0 Å². The minimum Gasteiger partial charge on any atom is -0.349 e. The molecule has 5 heterocycles. The van der Waals surface area contributed by atoms with Gasteiger partial charge in [-0.3, -0.25) is 0 Å². The number of carbonyl (C=O) groups excluding carboxylic acids is 1. The molecule has 7 nitrogen and oxygen atoms in total. The van der Waals surface area contributed by atoms with Crippen LogP contribution in [0.4, 0.5) is 0 Å². The topological polar surface area (TPSA) is 75.6 Å². The minimum atomic E-state index is -0.310. The van der Waals surface area contributed by atoms with E-state index in [1.165, 1.54) is 32.1 Å². The van der Waals surface area contributed by atoms with Crippen LogP contribution in [-0.4, -0.2) is 48.7 Å². The molecule has 2 aliphatic carbocycles. The lowest BCUT2D eigenvalue weighted by Crippen LogP contribution is -2.52. The maximum Gasteiger partial charge on any atom is 0.334 e. The standard InChI is InChI=1S/C38H61NO6/c1-9-33(40)45-39-30-17-32-21(5)29-16-28(20(4)26-13-11-19(3)41-37(43-32)24(8)35(26)29)31-15-14-25-18(2)10-12-27-22(6)36(30)44-38(42-31)23(7)34(25)27/h18-29,31-32,34-38H,9-17H2,1-8H3. The zero-order valence-corrected chi connectivity index (χ0v) is 29.2. The fourth-order valence-electron chi connectivity index (χ4n) is 12.2. The van der Waals surface area contributed by atoms with Crippen molar-refractivity contribution < 1.29 is 28.6 Å². The molecule has 19 atom stereocenters. The summed E-state index contributed by atoms with van der Waals surface area (Å²) in [6.07, 6.45) is 8.65. The number of nitrogens with zero attached hydrogens (tertiary/aromatic N) is 1. The quantitative estimate of drug-likeness (QED) is 0.229. The van der Waals surface area contributed by atoms with Gasteiger partial charge in [-0.05, 0) is 111 Å². The second-order valence-electron chi connectivity index (χ2n) is 16.9. The number of fused-ring (bicyclic) bond motifs is 6. The second-order valence-corrected chi connectivity index (χ2v) is 16.9. The predicted molar refractivity (Wildman–Crippen MR) is 173 cm³/mol. The second kappa shape index (κ2) is 12.8. The number of ether oxygens (including phenoxy) is 4. The van der Waals surface area contributed by atoms with Crippen LogP contribution in [0.25, 0.3) is 0 Å². The third kappa shape index (κ3) is 5.65. The summed E-state index contributed by atoms with van der Waals surface area (Å²) < 4.78 is 28.5. The summed E-state index contributed by atoms with van der Waals surface area (Å²) in [5.74, 6) is 6.18. The highest BCUT2D eigenvalue weighted by molar-refractivity contribution is 5.89. The lowest BCUT2D eigenvalue weighted by molar-refractivity contribution is -0.242. The highest BCUT2D eigenvalue weighted by atomic mass is 16.7. The minimum absolute atomic E-state index is 0.0830. The van der Waals surface area contributed by atoms with Crippen molar-refractivity contribution in [3.05, 3.63) is 0 Å². The number of hydrogen-bond acceptors (Lipinski definition) is 7. The zero-order chi connectivity index (χ0) is 31.7. The van der Waals surface area contributed by atoms with Crippen molar-refractivity contribution in [3.8, 4) is 0 Å². The molecule has 0 aromatic rings. The Morgan fingerprint density at radius 3 is 2.07 bits per heavy atom. The van der Waals surface area contributed by atoms with E-state index in [1.807, 2.05) is 6.92 Å². The van der Waals surface area contributed by atoms with Gasteiger partial charge >= 0.3 is 5.97 Å². The third-order valence-corrected chi connectivity index (χ3v) is 14.8. The van der Waals surface area contributed by atoms with Crippen molar-refractivity contribution in [3.63, 3.8) is 0 Å². The number of hydrogen-bond donors (Lipinski definition) is 0. The average Bonchev–Trinajstić information content (AvgIpc) is 3.18. The van der Waals surface area contributed by atoms with Gasteiger partial charge in [-0.25, -0.2) is 4.79 Å². The van der Waals surface area contributed by atoms with E-state index in [0.717, 1.165) is 24.5 Å². The van der Waals surface area contributed by atoms with Gasteiger partial charge in [0.1, 0.15) is 6.10 Å². The van der Waals surface area contributed by atoms with E-state index in [4.69, 9.17) is 28.9 Å². The largest absolute Gasteiger partial charge is 0.349 e. The molecule has 0 amide bonds. The van der Waals surface area contributed by atoms with Crippen LogP contribution in [0.2, 0.25) is 0 Å². The van der Waals surface area contributed by atoms with Crippen LogP contribution in [0.15, 0.2) is 5.16 Å². The van der Waals surface area contributed by atoms with Crippen molar-refractivity contribution >= 4 is 11.7 Å². The molecule has 0 aromatic carbocycles. The molecule has 5 saturated heterocycles. The summed E-state index contributed by atoms with van der Waals surface area (Å²) >= 11 is 0. The Morgan fingerprint density at radius 1 is 0.667 bits per heavy atom. The first-order valence-corrected chi connectivity index (χ1v) is 19.0. The molecular formula is C38H61NO6. The lowest BCUT2D eigenvalue weighted by Gasteiger charge is -2.54. The van der Waals surface area contributed by atoms with Gasteiger partial charge in [0.25, 0.3) is 0 Å². The Morgan fingerprint density at radius 2 is 1.31 bits per heavy atom. The number of carbonyl (C=O) groups is 1. The first-order chi connectivity index (χ1) is 21.6. The Bertz CT molecular complexity index is 1110. The van der Waals surface area contributed by atoms with Gasteiger partial charge in [-0.2, -0.15) is 0 Å². The maximum absolute atomic E-state index is 12.5. The van der Waals surface area contributed by atoms with E-state index in [0.29, 0.717) is 77.9 Å². The van der Waals surface area contributed by atoms with E-state index in [9.17, 15) is 4.79 Å². The van der Waals surface area contributed by atoms with E-state index >= 15 is 0 Å². The summed E-state index contributed by atoms with van der Waals surface area (Å²) in [6.45, 7) is 18.7. The van der Waals surface area contributed by atoms with Gasteiger partial charge in [-0.15, -0.1) is 0 Å². The van der Waals surface area contributed by atoms with Gasteiger partial charge in [0.05, 0.1) is 24.0 Å². The summed E-state index contributed by atoms with van der Waals surface area (Å²) in [4.78, 5) is 18.1. The Balaban J connectivity index is 1.39. The van der Waals surface area contributed by atoms with Crippen LogP contribution in [0.3, 0.4) is 0 Å². The molecule has 9 bridgehead atoms. The molecular weight excluding hydrogens is 566 g/mol. The van der Waals surface area contributed by atoms with Gasteiger partial charge in [-0.1, -0.05) is 60.0 Å². The molecule has 0 N–H and O–H groups in total. The van der Waals surface area contributed by atoms with E-state index in [1.54, 1.807) is 0 Å². The first-order valence-electron chi connectivity index (χ1n) is 19.0. The molecule has 7 aliphatic rings. The average molecular weight is 628 g/mol. The van der Waals surface area contributed by atoms with Crippen LogP contribution >= 0.6 is 0 Å². The fraction of sp³-hybridized carbons (Fsp3) is 0.947. The fourth-order valence-corrected chi connectivity index (χ4v) is 12.2. The molecule has 0 spiro atoms. The Hall–Kier alpha value is -1.02. The molecule has 7 heteroatoms. The molecule has 45 heavy (non-hydrogen) atoms. The molecule has 0 radical (unpaired) electrons. The lowest BCUT2D eigenvalue weighted by atomic mass is 9.53. The monoisotopic (exact) mass is 627 g/mol. The third-order valence-electron chi connectivity index (χ3n) is 14.8. The highest BCUT2D eigenvalue weighted by Gasteiger charge is 2.58. The highest BCUT2D eigenvalue weighted by Crippen LogP contribution is 2.59. The first kappa shape index (κ1) is 32.5. The molecule has 5 aliphatic heterocycles. The summed E-state index contributed by atoms with van der Waals surface area (Å²) in [7, 11) is 0. The molecule has 2 saturated carbocycles. The molecule has 19 unspecified atom stereocenters. The van der Waals surface area contributed by atoms with Gasteiger partial charge in [0.15, 0.2) is 12.6 Å². The normalized spacial score (nSPS) is 55.4. The van der Waals surface area contributed by atoms with Gasteiger partial charge < -0.3 is 23.8 Å². The Kier molecular flexibility index (Phi) is 9.24. The zero-order valence-electron chi connectivity index (χ0n) is 29.2. The molecule has 254 valence electrons. The summed E-state index contributed by atoms with van der Waals surface area (Å²) in [5, 5.41) is 4.70. The van der Waals surface area contributed by atoms with Crippen molar-refractivity contribution in [2.45, 2.75) is 150 Å². The van der Waals surface area contributed by atoms with Crippen LogP contribution in [0.1, 0.15) is 113 Å². The van der Waals surface area contributed by atoms with Gasteiger partial charge in [0, 0.05) is 24.7 Å². The number of rotatable bonds is 2. The SMILES string of the molecule is CCC(=O)ON=C1CC2OC3OC(C)CCC4C(C)C(CC(C2C)C4C3C)C2CCC3C(C)CCC4C(C)C1OC(O2)C(C)C34. The maximum atomic E-state index is 12.5. The smallest absolute Gasteiger partial charge is 0.334 e. The van der Waals surface area contributed by atoms with Crippen molar-refractivity contribution in [2.24, 2.45) is 82.1 Å². The van der Waals surface area contributed by atoms with Crippen LogP contribution < -0.4 is 0 Å². The van der Waals surface area contributed by atoms with Crippen molar-refractivity contribution in [1.82, 2.24) is 0 Å². The molecule has 0 aromatic heterocycles.